The van der Waals surface area contributed by atoms with Crippen LogP contribution in [0.25, 0.3) is 0 Å². The van der Waals surface area contributed by atoms with Crippen LogP contribution in [0.5, 0.6) is 5.75 Å². The van der Waals surface area contributed by atoms with Crippen LogP contribution in [-0.4, -0.2) is 23.5 Å². The summed E-state index contributed by atoms with van der Waals surface area (Å²) in [6.07, 6.45) is -0.0712. The minimum Gasteiger partial charge on any atom is -0.493 e. The van der Waals surface area contributed by atoms with E-state index in [1.54, 1.807) is 18.2 Å². The number of benzene rings is 1. The monoisotopic (exact) mass is 222 g/mol. The van der Waals surface area contributed by atoms with Gasteiger partial charge in [0.1, 0.15) is 5.75 Å². The van der Waals surface area contributed by atoms with Gasteiger partial charge < -0.3 is 9.84 Å². The van der Waals surface area contributed by atoms with E-state index in [2.05, 4.69) is 0 Å². The average molecular weight is 222 g/mol. The summed E-state index contributed by atoms with van der Waals surface area (Å²) in [4.78, 5) is 21.8. The molecule has 0 atom stereocenters. The molecule has 0 heterocycles. The zero-order chi connectivity index (χ0) is 12.1. The molecule has 1 aromatic rings. The van der Waals surface area contributed by atoms with Crippen LogP contribution in [0.4, 0.5) is 0 Å². The molecule has 0 aliphatic rings. The fourth-order valence-electron chi connectivity index (χ4n) is 1.42. The Labute approximate surface area is 93.9 Å². The molecule has 1 aromatic carbocycles. The van der Waals surface area contributed by atoms with Gasteiger partial charge in [0.05, 0.1) is 18.6 Å². The number of Topliss-reactive ketones (excluding diaryl/α,β-unsaturated/α-hetero) is 1. The summed E-state index contributed by atoms with van der Waals surface area (Å²) in [5.41, 5.74) is 1.11. The van der Waals surface area contributed by atoms with Crippen molar-refractivity contribution in [1.29, 1.82) is 0 Å². The van der Waals surface area contributed by atoms with Gasteiger partial charge >= 0.3 is 5.97 Å². The lowest BCUT2D eigenvalue weighted by Gasteiger charge is -2.09. The molecule has 0 saturated carbocycles. The molecule has 0 radical (unpaired) electrons. The van der Waals surface area contributed by atoms with E-state index in [-0.39, 0.29) is 12.2 Å². The van der Waals surface area contributed by atoms with Crippen molar-refractivity contribution in [3.8, 4) is 5.75 Å². The second-order valence-electron chi connectivity index (χ2n) is 3.39. The lowest BCUT2D eigenvalue weighted by molar-refractivity contribution is -0.136. The lowest BCUT2D eigenvalue weighted by atomic mass is 10.1. The number of hydrogen-bond donors (Lipinski definition) is 1. The summed E-state index contributed by atoms with van der Waals surface area (Å²) in [6.45, 7) is 3.71. The summed E-state index contributed by atoms with van der Waals surface area (Å²) < 4.78 is 5.31. The second-order valence-corrected chi connectivity index (χ2v) is 3.39. The van der Waals surface area contributed by atoms with Crippen molar-refractivity contribution in [3.05, 3.63) is 29.3 Å². The third kappa shape index (κ3) is 3.08. The van der Waals surface area contributed by atoms with Crippen molar-refractivity contribution in [2.75, 3.05) is 6.61 Å². The summed E-state index contributed by atoms with van der Waals surface area (Å²) in [6, 6.07) is 4.84. The van der Waals surface area contributed by atoms with E-state index in [9.17, 15) is 9.59 Å². The standard InChI is InChI=1S/C12H14O4/c1-3-16-11-6-9(7-12(14)15)4-5-10(11)8(2)13/h4-6H,3,7H2,1-2H3,(H,14,15). The van der Waals surface area contributed by atoms with Crippen molar-refractivity contribution in [1.82, 2.24) is 0 Å². The molecular formula is C12H14O4. The summed E-state index contributed by atoms with van der Waals surface area (Å²) in [5, 5.41) is 8.66. The number of ketones is 1. The number of carboxylic acid groups (broad SMARTS) is 1. The van der Waals surface area contributed by atoms with Crippen LogP contribution in [0, 0.1) is 0 Å². The predicted octanol–water partition coefficient (Wildman–Crippen LogP) is 1.92. The zero-order valence-corrected chi connectivity index (χ0v) is 9.32. The molecule has 0 amide bonds. The Morgan fingerprint density at radius 2 is 2.06 bits per heavy atom. The van der Waals surface area contributed by atoms with E-state index in [0.29, 0.717) is 23.5 Å². The lowest BCUT2D eigenvalue weighted by Crippen LogP contribution is -2.04. The largest absolute Gasteiger partial charge is 0.493 e. The van der Waals surface area contributed by atoms with Crippen molar-refractivity contribution in [3.63, 3.8) is 0 Å². The molecule has 4 nitrogen and oxygen atoms in total. The van der Waals surface area contributed by atoms with Gasteiger partial charge in [-0.2, -0.15) is 0 Å². The number of ether oxygens (including phenoxy) is 1. The molecule has 0 aliphatic carbocycles. The first-order valence-corrected chi connectivity index (χ1v) is 5.03. The van der Waals surface area contributed by atoms with Crippen LogP contribution in [0.1, 0.15) is 29.8 Å². The molecule has 0 aliphatic heterocycles. The quantitative estimate of drug-likeness (QED) is 0.773. The normalized spacial score (nSPS) is 9.88. The first-order valence-electron chi connectivity index (χ1n) is 5.03. The fraction of sp³-hybridized carbons (Fsp3) is 0.333. The van der Waals surface area contributed by atoms with Crippen LogP contribution < -0.4 is 4.74 Å². The molecule has 0 aromatic heterocycles. The van der Waals surface area contributed by atoms with Crippen molar-refractivity contribution >= 4 is 11.8 Å². The van der Waals surface area contributed by atoms with E-state index in [1.165, 1.54) is 6.92 Å². The smallest absolute Gasteiger partial charge is 0.307 e. The average Bonchev–Trinajstić information content (AvgIpc) is 2.17. The number of carboxylic acids is 1. The maximum absolute atomic E-state index is 11.3. The van der Waals surface area contributed by atoms with Gasteiger partial charge in [-0.05, 0) is 31.5 Å². The van der Waals surface area contributed by atoms with Gasteiger partial charge in [-0.3, -0.25) is 9.59 Å². The highest BCUT2D eigenvalue weighted by molar-refractivity contribution is 5.97. The number of carbonyl (C=O) groups is 2. The Bertz CT molecular complexity index is 409. The Morgan fingerprint density at radius 3 is 2.56 bits per heavy atom. The number of carbonyl (C=O) groups excluding carboxylic acids is 1. The third-order valence-electron chi connectivity index (χ3n) is 2.08. The fourth-order valence-corrected chi connectivity index (χ4v) is 1.42. The van der Waals surface area contributed by atoms with Gasteiger partial charge in [0.2, 0.25) is 0 Å². The van der Waals surface area contributed by atoms with E-state index in [1.807, 2.05) is 6.92 Å². The van der Waals surface area contributed by atoms with E-state index in [0.717, 1.165) is 0 Å². The number of rotatable bonds is 5. The molecule has 86 valence electrons. The highest BCUT2D eigenvalue weighted by Gasteiger charge is 2.10. The summed E-state index contributed by atoms with van der Waals surface area (Å²) in [7, 11) is 0. The molecule has 4 heteroatoms. The minimum atomic E-state index is -0.905. The van der Waals surface area contributed by atoms with Gasteiger partial charge in [-0.25, -0.2) is 0 Å². The molecule has 0 bridgehead atoms. The maximum Gasteiger partial charge on any atom is 0.307 e. The zero-order valence-electron chi connectivity index (χ0n) is 9.32. The van der Waals surface area contributed by atoms with Crippen LogP contribution >= 0.6 is 0 Å². The van der Waals surface area contributed by atoms with Gasteiger partial charge in [-0.1, -0.05) is 6.07 Å². The molecule has 0 saturated heterocycles. The van der Waals surface area contributed by atoms with Gasteiger partial charge in [0, 0.05) is 0 Å². The number of aliphatic carboxylic acids is 1. The third-order valence-corrected chi connectivity index (χ3v) is 2.08. The summed E-state index contributed by atoms with van der Waals surface area (Å²) >= 11 is 0. The van der Waals surface area contributed by atoms with Crippen LogP contribution in [0.2, 0.25) is 0 Å². The predicted molar refractivity (Wildman–Crippen MR) is 59.0 cm³/mol. The number of hydrogen-bond acceptors (Lipinski definition) is 3. The Hall–Kier alpha value is -1.84. The first kappa shape index (κ1) is 12.2. The maximum atomic E-state index is 11.3. The molecule has 1 N–H and O–H groups in total. The van der Waals surface area contributed by atoms with E-state index < -0.39 is 5.97 Å². The molecule has 16 heavy (non-hydrogen) atoms. The SMILES string of the molecule is CCOc1cc(CC(=O)O)ccc1C(C)=O. The molecule has 0 unspecified atom stereocenters. The molecular weight excluding hydrogens is 208 g/mol. The minimum absolute atomic E-state index is 0.0712. The van der Waals surface area contributed by atoms with Gasteiger partial charge in [0.15, 0.2) is 5.78 Å². The highest BCUT2D eigenvalue weighted by atomic mass is 16.5. The summed E-state index contributed by atoms with van der Waals surface area (Å²) in [5.74, 6) is -0.544. The molecule has 1 rings (SSSR count). The second kappa shape index (κ2) is 5.30. The topological polar surface area (TPSA) is 63.6 Å². The van der Waals surface area contributed by atoms with Crippen LogP contribution in [-0.2, 0) is 11.2 Å². The highest BCUT2D eigenvalue weighted by Crippen LogP contribution is 2.21. The van der Waals surface area contributed by atoms with Gasteiger partial charge in [-0.15, -0.1) is 0 Å². The molecule has 0 fully saturated rings. The Balaban J connectivity index is 3.06. The van der Waals surface area contributed by atoms with E-state index in [4.69, 9.17) is 9.84 Å². The van der Waals surface area contributed by atoms with Crippen molar-refractivity contribution < 1.29 is 19.4 Å². The first-order chi connectivity index (χ1) is 7.54. The van der Waals surface area contributed by atoms with Crippen molar-refractivity contribution in [2.45, 2.75) is 20.3 Å². The van der Waals surface area contributed by atoms with Gasteiger partial charge in [0.25, 0.3) is 0 Å². The van der Waals surface area contributed by atoms with Crippen LogP contribution in [0.15, 0.2) is 18.2 Å². The Kier molecular flexibility index (Phi) is 4.05. The van der Waals surface area contributed by atoms with Crippen LogP contribution in [0.3, 0.4) is 0 Å². The van der Waals surface area contributed by atoms with E-state index >= 15 is 0 Å². The Morgan fingerprint density at radius 1 is 1.38 bits per heavy atom. The van der Waals surface area contributed by atoms with Crippen molar-refractivity contribution in [2.24, 2.45) is 0 Å². The molecule has 0 spiro atoms.